The number of thiocarbonyl (C=S) groups is 1. The molecular weight excluding hydrogens is 353 g/mol. The zero-order chi connectivity index (χ0) is 16.5. The smallest absolute Gasteiger partial charge is 0.166 e. The maximum absolute atomic E-state index is 6.15. The van der Waals surface area contributed by atoms with Crippen molar-refractivity contribution in [3.8, 4) is 0 Å². The minimum absolute atomic E-state index is 0.657. The predicted octanol–water partition coefficient (Wildman–Crippen LogP) is 2.72. The van der Waals surface area contributed by atoms with E-state index in [1.54, 1.807) is 6.07 Å². The van der Waals surface area contributed by atoms with Gasteiger partial charge in [0.15, 0.2) is 5.11 Å². The molecule has 23 heavy (non-hydrogen) atoms. The third-order valence-electron chi connectivity index (χ3n) is 3.74. The normalized spacial score (nSPS) is 15.4. The van der Waals surface area contributed by atoms with Crippen LogP contribution in [0.25, 0.3) is 0 Å². The first-order valence-electron chi connectivity index (χ1n) is 7.91. The van der Waals surface area contributed by atoms with Crippen LogP contribution in [-0.2, 0) is 11.2 Å². The minimum atomic E-state index is 0.657. The summed E-state index contributed by atoms with van der Waals surface area (Å²) in [5.74, 6) is 0. The Morgan fingerprint density at radius 1 is 1.17 bits per heavy atom. The molecule has 7 heteroatoms. The zero-order valence-corrected chi connectivity index (χ0v) is 15.4. The molecule has 0 aromatic heterocycles. The molecule has 128 valence electrons. The van der Waals surface area contributed by atoms with Crippen LogP contribution in [0.15, 0.2) is 18.2 Å². The second-order valence-corrected chi connectivity index (χ2v) is 6.73. The number of benzene rings is 1. The molecule has 0 bridgehead atoms. The molecule has 4 nitrogen and oxygen atoms in total. The third kappa shape index (κ3) is 7.23. The number of rotatable bonds is 7. The highest BCUT2D eigenvalue weighted by Gasteiger charge is 2.09. The van der Waals surface area contributed by atoms with Crippen molar-refractivity contribution in [1.82, 2.24) is 15.5 Å². The molecule has 0 saturated carbocycles. The van der Waals surface area contributed by atoms with Gasteiger partial charge in [-0.1, -0.05) is 29.3 Å². The highest BCUT2D eigenvalue weighted by atomic mass is 35.5. The van der Waals surface area contributed by atoms with Crippen LogP contribution >= 0.6 is 35.4 Å². The first kappa shape index (κ1) is 18.7. The molecule has 0 atom stereocenters. The van der Waals surface area contributed by atoms with Gasteiger partial charge >= 0.3 is 0 Å². The summed E-state index contributed by atoms with van der Waals surface area (Å²) in [5.41, 5.74) is 1.07. The van der Waals surface area contributed by atoms with E-state index in [1.165, 1.54) is 0 Å². The largest absolute Gasteiger partial charge is 0.379 e. The summed E-state index contributed by atoms with van der Waals surface area (Å²) in [4.78, 5) is 2.42. The molecule has 1 heterocycles. The summed E-state index contributed by atoms with van der Waals surface area (Å²) in [6.07, 6.45) is 1.89. The van der Waals surface area contributed by atoms with Crippen LogP contribution in [0.3, 0.4) is 0 Å². The Hall–Kier alpha value is -0.590. The average Bonchev–Trinajstić information content (AvgIpc) is 2.55. The summed E-state index contributed by atoms with van der Waals surface area (Å²) < 4.78 is 5.34. The Morgan fingerprint density at radius 2 is 1.91 bits per heavy atom. The van der Waals surface area contributed by atoms with Gasteiger partial charge in [-0.15, -0.1) is 0 Å². The Bertz CT molecular complexity index is 510. The van der Waals surface area contributed by atoms with Crippen molar-refractivity contribution in [3.63, 3.8) is 0 Å². The van der Waals surface area contributed by atoms with Gasteiger partial charge in [0.05, 0.1) is 13.2 Å². The van der Waals surface area contributed by atoms with E-state index in [-0.39, 0.29) is 0 Å². The molecule has 1 aromatic carbocycles. The molecule has 1 aliphatic rings. The van der Waals surface area contributed by atoms with E-state index < -0.39 is 0 Å². The van der Waals surface area contributed by atoms with Gasteiger partial charge in [0.1, 0.15) is 0 Å². The highest BCUT2D eigenvalue weighted by molar-refractivity contribution is 7.80. The number of hydrogen-bond acceptors (Lipinski definition) is 3. The van der Waals surface area contributed by atoms with Gasteiger partial charge in [0.2, 0.25) is 0 Å². The number of morpholine rings is 1. The van der Waals surface area contributed by atoms with Crippen molar-refractivity contribution in [3.05, 3.63) is 33.8 Å². The fraction of sp³-hybridized carbons (Fsp3) is 0.562. The summed E-state index contributed by atoms with van der Waals surface area (Å²) in [5, 5.41) is 8.49. The third-order valence-corrected chi connectivity index (χ3v) is 4.61. The molecule has 1 fully saturated rings. The summed E-state index contributed by atoms with van der Waals surface area (Å²) >= 11 is 17.3. The van der Waals surface area contributed by atoms with E-state index in [9.17, 15) is 0 Å². The predicted molar refractivity (Wildman–Crippen MR) is 101 cm³/mol. The van der Waals surface area contributed by atoms with Crippen molar-refractivity contribution in [1.29, 1.82) is 0 Å². The van der Waals surface area contributed by atoms with E-state index in [1.807, 2.05) is 12.1 Å². The highest BCUT2D eigenvalue weighted by Crippen LogP contribution is 2.20. The lowest BCUT2D eigenvalue weighted by molar-refractivity contribution is 0.0376. The first-order valence-corrected chi connectivity index (χ1v) is 9.07. The van der Waals surface area contributed by atoms with Crippen LogP contribution in [0.2, 0.25) is 10.0 Å². The topological polar surface area (TPSA) is 36.5 Å². The van der Waals surface area contributed by atoms with Gasteiger partial charge in [-0.25, -0.2) is 0 Å². The summed E-state index contributed by atoms with van der Waals surface area (Å²) in [6.45, 7) is 6.47. The Balaban J connectivity index is 1.54. The van der Waals surface area contributed by atoms with Gasteiger partial charge in [0, 0.05) is 36.2 Å². The maximum Gasteiger partial charge on any atom is 0.166 e. The monoisotopic (exact) mass is 375 g/mol. The molecule has 1 aromatic rings. The SMILES string of the molecule is S=C(NCCCN1CCOCC1)NCCc1ccc(Cl)cc1Cl. The van der Waals surface area contributed by atoms with Gasteiger partial charge in [-0.3, -0.25) is 4.90 Å². The Kier molecular flexibility index (Phi) is 8.40. The number of nitrogens with one attached hydrogen (secondary N) is 2. The van der Waals surface area contributed by atoms with Crippen molar-refractivity contribution < 1.29 is 4.74 Å². The fourth-order valence-corrected chi connectivity index (χ4v) is 3.13. The molecular formula is C16H23Cl2N3OS. The number of ether oxygens (including phenoxy) is 1. The molecule has 2 rings (SSSR count). The summed E-state index contributed by atoms with van der Waals surface area (Å²) in [6, 6.07) is 5.57. The second-order valence-electron chi connectivity index (χ2n) is 5.48. The van der Waals surface area contributed by atoms with Crippen LogP contribution in [0.4, 0.5) is 0 Å². The van der Waals surface area contributed by atoms with Gasteiger partial charge in [-0.05, 0) is 49.3 Å². The van der Waals surface area contributed by atoms with Crippen LogP contribution in [0, 0.1) is 0 Å². The van der Waals surface area contributed by atoms with Crippen molar-refractivity contribution in [2.24, 2.45) is 0 Å². The standard InChI is InChI=1S/C16H23Cl2N3OS/c17-14-3-2-13(15(18)12-14)4-6-20-16(23)19-5-1-7-21-8-10-22-11-9-21/h2-3,12H,1,4-11H2,(H2,19,20,23). The van der Waals surface area contributed by atoms with Crippen LogP contribution in [0.5, 0.6) is 0 Å². The maximum atomic E-state index is 6.15. The fourth-order valence-electron chi connectivity index (χ4n) is 2.43. The molecule has 0 amide bonds. The minimum Gasteiger partial charge on any atom is -0.379 e. The molecule has 0 spiro atoms. The second kappa shape index (κ2) is 10.3. The van der Waals surface area contributed by atoms with E-state index in [0.29, 0.717) is 15.2 Å². The van der Waals surface area contributed by atoms with Crippen LogP contribution < -0.4 is 10.6 Å². The van der Waals surface area contributed by atoms with E-state index in [2.05, 4.69) is 15.5 Å². The molecule has 0 aliphatic carbocycles. The molecule has 1 aliphatic heterocycles. The number of halogens is 2. The number of nitrogens with zero attached hydrogens (tertiary/aromatic N) is 1. The van der Waals surface area contributed by atoms with E-state index in [0.717, 1.165) is 64.3 Å². The Labute approximate surface area is 153 Å². The van der Waals surface area contributed by atoms with Gasteiger partial charge in [0.25, 0.3) is 0 Å². The van der Waals surface area contributed by atoms with E-state index in [4.69, 9.17) is 40.2 Å². The van der Waals surface area contributed by atoms with Crippen molar-refractivity contribution >= 4 is 40.5 Å². The lowest BCUT2D eigenvalue weighted by Gasteiger charge is -2.26. The van der Waals surface area contributed by atoms with Crippen LogP contribution in [-0.4, -0.2) is 55.9 Å². The molecule has 0 radical (unpaired) electrons. The zero-order valence-electron chi connectivity index (χ0n) is 13.1. The van der Waals surface area contributed by atoms with Crippen molar-refractivity contribution in [2.45, 2.75) is 12.8 Å². The molecule has 0 unspecified atom stereocenters. The van der Waals surface area contributed by atoms with Crippen molar-refractivity contribution in [2.75, 3.05) is 45.9 Å². The van der Waals surface area contributed by atoms with E-state index >= 15 is 0 Å². The summed E-state index contributed by atoms with van der Waals surface area (Å²) in [7, 11) is 0. The van der Waals surface area contributed by atoms with Crippen LogP contribution in [0.1, 0.15) is 12.0 Å². The van der Waals surface area contributed by atoms with Gasteiger partial charge in [-0.2, -0.15) is 0 Å². The lowest BCUT2D eigenvalue weighted by atomic mass is 10.1. The first-order chi connectivity index (χ1) is 11.1. The number of hydrogen-bond donors (Lipinski definition) is 2. The molecule has 1 saturated heterocycles. The molecule has 2 N–H and O–H groups in total. The average molecular weight is 376 g/mol. The Morgan fingerprint density at radius 3 is 2.65 bits per heavy atom. The lowest BCUT2D eigenvalue weighted by Crippen LogP contribution is -2.40. The quantitative estimate of drug-likeness (QED) is 0.565. The van der Waals surface area contributed by atoms with Gasteiger partial charge < -0.3 is 15.4 Å².